The number of nitrogens with zero attached hydrogens (tertiary/aromatic N) is 1. The highest BCUT2D eigenvalue weighted by Gasteiger charge is 2.27. The molecule has 1 aromatic heterocycles. The van der Waals surface area contributed by atoms with E-state index in [9.17, 15) is 13.2 Å². The number of rotatable bonds is 5. The minimum atomic E-state index is -3.99. The monoisotopic (exact) mass is 332 g/mol. The summed E-state index contributed by atoms with van der Waals surface area (Å²) >= 11 is 0. The molecule has 0 amide bonds. The summed E-state index contributed by atoms with van der Waals surface area (Å²) in [6.45, 7) is 1.87. The predicted octanol–water partition coefficient (Wildman–Crippen LogP) is 1.39. The van der Waals surface area contributed by atoms with Gasteiger partial charge in [-0.2, -0.15) is 4.72 Å². The van der Waals surface area contributed by atoms with E-state index < -0.39 is 22.0 Å². The third kappa shape index (κ3) is 3.67. The van der Waals surface area contributed by atoms with Gasteiger partial charge in [0.2, 0.25) is 10.0 Å². The smallest absolute Gasteiger partial charge is 0.324 e. The summed E-state index contributed by atoms with van der Waals surface area (Å²) in [5.74, 6) is 1.52. The maximum atomic E-state index is 12.6. The van der Waals surface area contributed by atoms with E-state index in [2.05, 4.69) is 20.4 Å². The molecule has 1 heterocycles. The molecule has 0 fully saturated rings. The summed E-state index contributed by atoms with van der Waals surface area (Å²) in [6, 6.07) is 5.51. The zero-order chi connectivity index (χ0) is 17.0. The number of benzene rings is 1. The quantitative estimate of drug-likeness (QED) is 0.660. The van der Waals surface area contributed by atoms with Gasteiger partial charge in [-0.1, -0.05) is 12.1 Å². The number of ether oxygens (including phenoxy) is 1. The molecule has 23 heavy (non-hydrogen) atoms. The van der Waals surface area contributed by atoms with Gasteiger partial charge in [0.05, 0.1) is 12.6 Å². The van der Waals surface area contributed by atoms with Crippen LogP contribution >= 0.6 is 0 Å². The molecular formula is C16H16N2O4S. The fraction of sp³-hybridized carbons (Fsp3) is 0.250. The standard InChI is InChI=1S/C16H16N2O4S/c1-4-6-13(16(19)22-3)18-23(20,21)14-8-5-7-12-9-11(2)10-17-15(12)14/h1,5,7-10,13,18H,6H2,2-3H3. The van der Waals surface area contributed by atoms with Gasteiger partial charge in [0.25, 0.3) is 0 Å². The van der Waals surface area contributed by atoms with E-state index in [0.29, 0.717) is 10.9 Å². The van der Waals surface area contributed by atoms with Crippen LogP contribution in [0, 0.1) is 19.3 Å². The van der Waals surface area contributed by atoms with Crippen LogP contribution in [0.5, 0.6) is 0 Å². The number of hydrogen-bond acceptors (Lipinski definition) is 5. The number of esters is 1. The van der Waals surface area contributed by atoms with E-state index >= 15 is 0 Å². The highest BCUT2D eigenvalue weighted by molar-refractivity contribution is 7.89. The molecule has 0 aliphatic carbocycles. The summed E-state index contributed by atoms with van der Waals surface area (Å²) < 4.78 is 32.1. The van der Waals surface area contributed by atoms with E-state index in [4.69, 9.17) is 6.42 Å². The van der Waals surface area contributed by atoms with Crippen LogP contribution in [0.3, 0.4) is 0 Å². The summed E-state index contributed by atoms with van der Waals surface area (Å²) in [4.78, 5) is 15.8. The normalized spacial score (nSPS) is 12.6. The van der Waals surface area contributed by atoms with E-state index in [0.717, 1.165) is 5.56 Å². The van der Waals surface area contributed by atoms with Gasteiger partial charge >= 0.3 is 5.97 Å². The van der Waals surface area contributed by atoms with Crippen molar-refractivity contribution in [1.29, 1.82) is 0 Å². The molecule has 0 spiro atoms. The summed E-state index contributed by atoms with van der Waals surface area (Å²) in [5.41, 5.74) is 1.25. The van der Waals surface area contributed by atoms with Crippen LogP contribution in [0.1, 0.15) is 12.0 Å². The first-order chi connectivity index (χ1) is 10.9. The van der Waals surface area contributed by atoms with Crippen LogP contribution in [-0.4, -0.2) is 32.5 Å². The zero-order valence-electron chi connectivity index (χ0n) is 12.7. The van der Waals surface area contributed by atoms with Crippen molar-refractivity contribution < 1.29 is 17.9 Å². The van der Waals surface area contributed by atoms with E-state index in [-0.39, 0.29) is 11.3 Å². The number of fused-ring (bicyclic) bond motifs is 1. The van der Waals surface area contributed by atoms with E-state index in [1.807, 2.05) is 13.0 Å². The second-order valence-corrected chi connectivity index (χ2v) is 6.63. The summed E-state index contributed by atoms with van der Waals surface area (Å²) in [6.07, 6.45) is 6.66. The van der Waals surface area contributed by atoms with Crippen LogP contribution in [0.25, 0.3) is 10.9 Å². The molecule has 0 aliphatic rings. The number of methoxy groups -OCH3 is 1. The maximum absolute atomic E-state index is 12.6. The largest absolute Gasteiger partial charge is 0.468 e. The molecule has 2 aromatic rings. The van der Waals surface area contributed by atoms with Crippen LogP contribution in [0.15, 0.2) is 35.4 Å². The van der Waals surface area contributed by atoms with Crippen LogP contribution in [-0.2, 0) is 19.6 Å². The Hall–Kier alpha value is -2.43. The van der Waals surface area contributed by atoms with Crippen LogP contribution in [0.4, 0.5) is 0 Å². The number of nitrogens with one attached hydrogen (secondary N) is 1. The zero-order valence-corrected chi connectivity index (χ0v) is 13.6. The van der Waals surface area contributed by atoms with Crippen LogP contribution in [0.2, 0.25) is 0 Å². The van der Waals surface area contributed by atoms with Crippen LogP contribution < -0.4 is 4.72 Å². The number of terminal acetylenes is 1. The molecule has 120 valence electrons. The fourth-order valence-electron chi connectivity index (χ4n) is 2.14. The molecule has 0 aliphatic heterocycles. The molecule has 0 saturated carbocycles. The lowest BCUT2D eigenvalue weighted by atomic mass is 10.2. The lowest BCUT2D eigenvalue weighted by Gasteiger charge is -2.15. The lowest BCUT2D eigenvalue weighted by Crippen LogP contribution is -2.41. The Morgan fingerprint density at radius 1 is 1.48 bits per heavy atom. The number of carbonyl (C=O) groups excluding carboxylic acids is 1. The summed E-state index contributed by atoms with van der Waals surface area (Å²) in [7, 11) is -2.82. The molecule has 1 aromatic carbocycles. The van der Waals surface area contributed by atoms with Crippen molar-refractivity contribution in [3.63, 3.8) is 0 Å². The Labute approximate surface area is 134 Å². The SMILES string of the molecule is C#CCC(NS(=O)(=O)c1cccc2cc(C)cnc12)C(=O)OC. The maximum Gasteiger partial charge on any atom is 0.324 e. The van der Waals surface area contributed by atoms with Crippen molar-refractivity contribution in [2.24, 2.45) is 0 Å². The van der Waals surface area contributed by atoms with Crippen molar-refractivity contribution in [3.05, 3.63) is 36.0 Å². The number of carbonyl (C=O) groups is 1. The molecule has 1 unspecified atom stereocenters. The first-order valence-electron chi connectivity index (χ1n) is 6.78. The van der Waals surface area contributed by atoms with Crippen molar-refractivity contribution in [2.45, 2.75) is 24.3 Å². The number of hydrogen-bond donors (Lipinski definition) is 1. The third-order valence-electron chi connectivity index (χ3n) is 3.21. The highest BCUT2D eigenvalue weighted by atomic mass is 32.2. The van der Waals surface area contributed by atoms with Gasteiger partial charge in [0.15, 0.2) is 0 Å². The van der Waals surface area contributed by atoms with Gasteiger partial charge in [-0.15, -0.1) is 12.3 Å². The average molecular weight is 332 g/mol. The number of pyridine rings is 1. The topological polar surface area (TPSA) is 85.4 Å². The molecule has 6 nitrogen and oxygen atoms in total. The van der Waals surface area contributed by atoms with Gasteiger partial charge in [-0.25, -0.2) is 8.42 Å². The highest BCUT2D eigenvalue weighted by Crippen LogP contribution is 2.22. The van der Waals surface area contributed by atoms with Gasteiger partial charge in [0.1, 0.15) is 10.9 Å². The van der Waals surface area contributed by atoms with Crippen molar-refractivity contribution in [3.8, 4) is 12.3 Å². The van der Waals surface area contributed by atoms with Gasteiger partial charge in [-0.05, 0) is 24.6 Å². The van der Waals surface area contributed by atoms with Gasteiger partial charge in [0, 0.05) is 18.0 Å². The number of aromatic nitrogens is 1. The first-order valence-corrected chi connectivity index (χ1v) is 8.26. The lowest BCUT2D eigenvalue weighted by molar-refractivity contribution is -0.142. The minimum absolute atomic E-state index is 0.0130. The van der Waals surface area contributed by atoms with Gasteiger partial charge < -0.3 is 4.74 Å². The Morgan fingerprint density at radius 3 is 2.87 bits per heavy atom. The average Bonchev–Trinajstić information content (AvgIpc) is 2.52. The van der Waals surface area contributed by atoms with Crippen molar-refractivity contribution in [2.75, 3.05) is 7.11 Å². The molecule has 1 N–H and O–H groups in total. The number of aryl methyl sites for hydroxylation is 1. The Kier molecular flexibility index (Phi) is 4.98. The molecule has 1 atom stereocenters. The molecule has 0 bridgehead atoms. The van der Waals surface area contributed by atoms with Crippen molar-refractivity contribution in [1.82, 2.24) is 9.71 Å². The molecule has 7 heteroatoms. The minimum Gasteiger partial charge on any atom is -0.468 e. The molecule has 2 rings (SSSR count). The van der Waals surface area contributed by atoms with Crippen molar-refractivity contribution >= 4 is 26.9 Å². The fourth-order valence-corrected chi connectivity index (χ4v) is 3.51. The second kappa shape index (κ2) is 6.77. The number of para-hydroxylation sites is 1. The third-order valence-corrected chi connectivity index (χ3v) is 4.71. The Balaban J connectivity index is 2.47. The predicted molar refractivity (Wildman–Crippen MR) is 86.1 cm³/mol. The Morgan fingerprint density at radius 2 is 2.22 bits per heavy atom. The number of sulfonamides is 1. The molecule has 0 saturated heterocycles. The molecular weight excluding hydrogens is 316 g/mol. The van der Waals surface area contributed by atoms with E-state index in [1.165, 1.54) is 13.2 Å². The first kappa shape index (κ1) is 16.9. The van der Waals surface area contributed by atoms with E-state index in [1.54, 1.807) is 18.3 Å². The second-order valence-electron chi connectivity index (χ2n) is 4.95. The molecule has 0 radical (unpaired) electrons. The summed E-state index contributed by atoms with van der Waals surface area (Å²) in [5, 5.41) is 0.694. The van der Waals surface area contributed by atoms with Gasteiger partial charge in [-0.3, -0.25) is 9.78 Å². The Bertz CT molecular complexity index is 885.